The molecule has 0 saturated carbocycles. The van der Waals surface area contributed by atoms with Crippen molar-refractivity contribution in [2.24, 2.45) is 0 Å². The molecule has 4 nitrogen and oxygen atoms in total. The fourth-order valence-corrected chi connectivity index (χ4v) is 4.52. The second kappa shape index (κ2) is 6.48. The molecule has 0 atom stereocenters. The zero-order valence-electron chi connectivity index (χ0n) is 13.9. The van der Waals surface area contributed by atoms with E-state index in [1.807, 2.05) is 0 Å². The second-order valence-corrected chi connectivity index (χ2v) is 7.80. The van der Waals surface area contributed by atoms with Gasteiger partial charge in [-0.05, 0) is 29.8 Å². The van der Waals surface area contributed by atoms with Crippen LogP contribution in [-0.4, -0.2) is 8.42 Å². The molecule has 1 heterocycles. The first-order valence-electron chi connectivity index (χ1n) is 8.10. The van der Waals surface area contributed by atoms with E-state index in [4.69, 9.17) is 4.42 Å². The maximum absolute atomic E-state index is 13.6. The monoisotopic (exact) mass is 380 g/mol. The van der Waals surface area contributed by atoms with Gasteiger partial charge in [0.25, 0.3) is 0 Å². The van der Waals surface area contributed by atoms with E-state index < -0.39 is 26.2 Å². The molecule has 4 rings (SSSR count). The number of sulfone groups is 1. The summed E-state index contributed by atoms with van der Waals surface area (Å²) >= 11 is 0. The molecule has 0 aliphatic rings. The van der Waals surface area contributed by atoms with Crippen LogP contribution in [0.1, 0.15) is 0 Å². The summed E-state index contributed by atoms with van der Waals surface area (Å²) in [6, 6.07) is 20.0. The molecule has 0 bridgehead atoms. The first-order chi connectivity index (χ1) is 13.0. The Hall–Kier alpha value is -3.25. The molecule has 0 unspecified atom stereocenters. The van der Waals surface area contributed by atoms with Gasteiger partial charge < -0.3 is 4.42 Å². The van der Waals surface area contributed by atoms with Crippen molar-refractivity contribution in [2.75, 3.05) is 0 Å². The van der Waals surface area contributed by atoms with Crippen molar-refractivity contribution in [1.29, 1.82) is 0 Å². The molecule has 4 aromatic rings. The van der Waals surface area contributed by atoms with Crippen molar-refractivity contribution in [3.63, 3.8) is 0 Å². The Morgan fingerprint density at radius 2 is 1.44 bits per heavy atom. The Labute approximate surface area is 154 Å². The van der Waals surface area contributed by atoms with Gasteiger partial charge in [-0.25, -0.2) is 17.6 Å². The summed E-state index contributed by atoms with van der Waals surface area (Å²) in [5.41, 5.74) is -0.316. The van der Waals surface area contributed by atoms with Crippen LogP contribution in [0.2, 0.25) is 0 Å². The maximum Gasteiger partial charge on any atom is 0.356 e. The first-order valence-corrected chi connectivity index (χ1v) is 9.59. The number of fused-ring (bicyclic) bond motifs is 1. The van der Waals surface area contributed by atoms with Crippen molar-refractivity contribution < 1.29 is 17.2 Å². The Morgan fingerprint density at radius 3 is 2.11 bits per heavy atom. The van der Waals surface area contributed by atoms with Gasteiger partial charge in [0.15, 0.2) is 4.90 Å². The second-order valence-electron chi connectivity index (χ2n) is 5.92. The normalized spacial score (nSPS) is 11.6. The molecule has 0 spiro atoms. The Balaban J connectivity index is 2.17. The van der Waals surface area contributed by atoms with Gasteiger partial charge in [0, 0.05) is 17.0 Å². The summed E-state index contributed by atoms with van der Waals surface area (Å²) in [6.45, 7) is 0. The van der Waals surface area contributed by atoms with Gasteiger partial charge in [-0.15, -0.1) is 0 Å². The standard InChI is InChI=1S/C21H13FO4S/c22-15-11-12-17-18(13-15)26-21(23)20(19(17)14-7-3-1-4-8-14)27(24,25)16-9-5-2-6-10-16/h1-13H. The lowest BCUT2D eigenvalue weighted by molar-refractivity contribution is 0.530. The Morgan fingerprint density at radius 1 is 0.815 bits per heavy atom. The smallest absolute Gasteiger partial charge is 0.356 e. The van der Waals surface area contributed by atoms with Crippen molar-refractivity contribution >= 4 is 20.8 Å². The van der Waals surface area contributed by atoms with Crippen LogP contribution in [0.5, 0.6) is 0 Å². The molecule has 0 N–H and O–H groups in total. The lowest BCUT2D eigenvalue weighted by Gasteiger charge is -2.12. The summed E-state index contributed by atoms with van der Waals surface area (Å²) in [5, 5.41) is 0.344. The van der Waals surface area contributed by atoms with Crippen molar-refractivity contribution in [1.82, 2.24) is 0 Å². The molecular weight excluding hydrogens is 367 g/mol. The highest BCUT2D eigenvalue weighted by atomic mass is 32.2. The number of benzene rings is 3. The summed E-state index contributed by atoms with van der Waals surface area (Å²) in [7, 11) is -4.15. The SMILES string of the molecule is O=c1oc2cc(F)ccc2c(-c2ccccc2)c1S(=O)(=O)c1ccccc1. The van der Waals surface area contributed by atoms with Crippen LogP contribution in [0.15, 0.2) is 97.9 Å². The molecule has 0 fully saturated rings. The largest absolute Gasteiger partial charge is 0.422 e. The Bertz CT molecular complexity index is 1290. The van der Waals surface area contributed by atoms with E-state index in [1.165, 1.54) is 24.3 Å². The third-order valence-electron chi connectivity index (χ3n) is 4.21. The van der Waals surface area contributed by atoms with E-state index in [9.17, 15) is 17.6 Å². The molecule has 0 aliphatic carbocycles. The highest BCUT2D eigenvalue weighted by molar-refractivity contribution is 7.91. The molecular formula is C21H13FO4S. The molecule has 134 valence electrons. The fourth-order valence-electron chi connectivity index (χ4n) is 3.01. The van der Waals surface area contributed by atoms with E-state index in [1.54, 1.807) is 48.5 Å². The van der Waals surface area contributed by atoms with Crippen LogP contribution in [0.3, 0.4) is 0 Å². The van der Waals surface area contributed by atoms with Gasteiger partial charge >= 0.3 is 5.63 Å². The van der Waals surface area contributed by atoms with Crippen molar-refractivity contribution in [3.8, 4) is 11.1 Å². The minimum atomic E-state index is -4.15. The van der Waals surface area contributed by atoms with Crippen LogP contribution >= 0.6 is 0 Å². The van der Waals surface area contributed by atoms with E-state index in [0.717, 1.165) is 6.07 Å². The van der Waals surface area contributed by atoms with Gasteiger partial charge in [0.2, 0.25) is 9.84 Å². The van der Waals surface area contributed by atoms with E-state index in [0.29, 0.717) is 10.9 Å². The van der Waals surface area contributed by atoms with Crippen LogP contribution in [0.4, 0.5) is 4.39 Å². The number of hydrogen-bond acceptors (Lipinski definition) is 4. The highest BCUT2D eigenvalue weighted by Crippen LogP contribution is 2.35. The zero-order chi connectivity index (χ0) is 19.0. The van der Waals surface area contributed by atoms with E-state index in [-0.39, 0.29) is 16.0 Å². The molecule has 0 saturated heterocycles. The number of rotatable bonds is 3. The predicted octanol–water partition coefficient (Wildman–Crippen LogP) is 4.43. The van der Waals surface area contributed by atoms with Crippen molar-refractivity contribution in [3.05, 3.63) is 95.1 Å². The van der Waals surface area contributed by atoms with Crippen LogP contribution in [0, 0.1) is 5.82 Å². The molecule has 0 radical (unpaired) electrons. The molecule has 0 amide bonds. The quantitative estimate of drug-likeness (QED) is 0.493. The van der Waals surface area contributed by atoms with Gasteiger partial charge in [0.1, 0.15) is 11.4 Å². The average molecular weight is 380 g/mol. The third kappa shape index (κ3) is 2.94. The minimum absolute atomic E-state index is 0.00846. The van der Waals surface area contributed by atoms with Gasteiger partial charge in [-0.2, -0.15) is 0 Å². The van der Waals surface area contributed by atoms with Crippen LogP contribution in [-0.2, 0) is 9.84 Å². The van der Waals surface area contributed by atoms with Gasteiger partial charge in [-0.3, -0.25) is 0 Å². The van der Waals surface area contributed by atoms with Crippen molar-refractivity contribution in [2.45, 2.75) is 9.79 Å². The van der Waals surface area contributed by atoms with Gasteiger partial charge in [0.05, 0.1) is 4.90 Å². The minimum Gasteiger partial charge on any atom is -0.422 e. The molecule has 27 heavy (non-hydrogen) atoms. The highest BCUT2D eigenvalue weighted by Gasteiger charge is 2.29. The topological polar surface area (TPSA) is 64.3 Å². The fraction of sp³-hybridized carbons (Fsp3) is 0. The van der Waals surface area contributed by atoms with Crippen LogP contribution < -0.4 is 5.63 Å². The first kappa shape index (κ1) is 17.2. The number of hydrogen-bond donors (Lipinski definition) is 0. The molecule has 3 aromatic carbocycles. The summed E-state index contributed by atoms with van der Waals surface area (Å²) < 4.78 is 45.2. The average Bonchev–Trinajstić information content (AvgIpc) is 2.68. The maximum atomic E-state index is 13.6. The third-order valence-corrected chi connectivity index (χ3v) is 6.01. The summed E-state index contributed by atoms with van der Waals surface area (Å²) in [5.74, 6) is -0.580. The van der Waals surface area contributed by atoms with E-state index >= 15 is 0 Å². The molecule has 6 heteroatoms. The van der Waals surface area contributed by atoms with Gasteiger partial charge in [-0.1, -0.05) is 48.5 Å². The van der Waals surface area contributed by atoms with E-state index in [2.05, 4.69) is 0 Å². The van der Waals surface area contributed by atoms with Crippen LogP contribution in [0.25, 0.3) is 22.1 Å². The predicted molar refractivity (Wildman–Crippen MR) is 99.8 cm³/mol. The Kier molecular flexibility index (Phi) is 4.12. The lowest BCUT2D eigenvalue weighted by atomic mass is 10.0. The summed E-state index contributed by atoms with van der Waals surface area (Å²) in [4.78, 5) is 12.2. The zero-order valence-corrected chi connectivity index (χ0v) is 14.7. The number of halogens is 1. The lowest BCUT2D eigenvalue weighted by Crippen LogP contribution is -2.16. The summed E-state index contributed by atoms with van der Waals surface area (Å²) in [6.07, 6.45) is 0. The molecule has 0 aliphatic heterocycles. The molecule has 1 aromatic heterocycles.